The lowest BCUT2D eigenvalue weighted by molar-refractivity contribution is 0.0950. The molecule has 3 N–H and O–H groups in total. The van der Waals surface area contributed by atoms with E-state index >= 15 is 0 Å². The Balaban J connectivity index is 2.88. The van der Waals surface area contributed by atoms with Gasteiger partial charge in [-0.05, 0) is 37.5 Å². The van der Waals surface area contributed by atoms with Crippen LogP contribution in [0.4, 0.5) is 0 Å². The van der Waals surface area contributed by atoms with Crippen LogP contribution in [0, 0.1) is 6.92 Å². The number of methoxy groups -OCH3 is 1. The Morgan fingerprint density at radius 2 is 2.05 bits per heavy atom. The maximum Gasteiger partial charge on any atom is 0.251 e. The zero-order valence-electron chi connectivity index (χ0n) is 12.0. The highest BCUT2D eigenvalue weighted by Crippen LogP contribution is 2.24. The second-order valence-corrected chi connectivity index (χ2v) is 7.02. The predicted octanol–water partition coefficient (Wildman–Crippen LogP) is 1.56. The molecular weight excluding hydrogens is 360 g/mol. The first-order chi connectivity index (χ1) is 9.77. The number of rotatable bonds is 7. The zero-order valence-corrected chi connectivity index (χ0v) is 14.4. The topological polar surface area (TPSA) is 98.5 Å². The van der Waals surface area contributed by atoms with Crippen molar-refractivity contribution in [2.24, 2.45) is 5.14 Å². The monoisotopic (exact) mass is 378 g/mol. The molecule has 0 spiro atoms. The number of carbonyl (C=O) groups excluding carboxylic acids is 1. The average Bonchev–Trinajstić information content (AvgIpc) is 2.39. The number of benzene rings is 1. The minimum Gasteiger partial charge on any atom is -0.385 e. The van der Waals surface area contributed by atoms with Crippen LogP contribution < -0.4 is 10.5 Å². The number of nitrogens with two attached hydrogens (primary N) is 1. The molecule has 0 aliphatic rings. The molecule has 0 atom stereocenters. The lowest BCUT2D eigenvalue weighted by Gasteiger charge is -2.11. The van der Waals surface area contributed by atoms with Gasteiger partial charge in [0.05, 0.1) is 4.90 Å². The molecule has 21 heavy (non-hydrogen) atoms. The van der Waals surface area contributed by atoms with E-state index in [2.05, 4.69) is 21.2 Å². The molecule has 0 fully saturated rings. The third-order valence-corrected chi connectivity index (χ3v) is 4.43. The number of halogens is 1. The number of ether oxygens (including phenoxy) is 1. The molecule has 0 saturated heterocycles. The molecular formula is C13H19BrN2O4S. The van der Waals surface area contributed by atoms with Crippen LogP contribution in [0.2, 0.25) is 0 Å². The van der Waals surface area contributed by atoms with Crippen LogP contribution in [0.3, 0.4) is 0 Å². The molecule has 0 bridgehead atoms. The third kappa shape index (κ3) is 5.39. The number of unbranched alkanes of at least 4 members (excludes halogenated alkanes) is 1. The molecule has 0 aliphatic heterocycles. The van der Waals surface area contributed by atoms with E-state index < -0.39 is 10.0 Å². The van der Waals surface area contributed by atoms with Crippen molar-refractivity contribution >= 4 is 31.9 Å². The molecule has 1 rings (SSSR count). The van der Waals surface area contributed by atoms with Crippen LogP contribution >= 0.6 is 15.9 Å². The summed E-state index contributed by atoms with van der Waals surface area (Å²) in [4.78, 5) is 12.1. The number of primary sulfonamides is 1. The van der Waals surface area contributed by atoms with Crippen molar-refractivity contribution in [3.05, 3.63) is 27.7 Å². The van der Waals surface area contributed by atoms with Crippen LogP contribution in [0.1, 0.15) is 28.8 Å². The van der Waals surface area contributed by atoms with Crippen molar-refractivity contribution in [1.82, 2.24) is 5.32 Å². The van der Waals surface area contributed by atoms with E-state index in [-0.39, 0.29) is 10.8 Å². The Morgan fingerprint density at radius 3 is 2.62 bits per heavy atom. The van der Waals surface area contributed by atoms with E-state index in [4.69, 9.17) is 9.88 Å². The minimum atomic E-state index is -3.87. The van der Waals surface area contributed by atoms with Crippen molar-refractivity contribution in [1.29, 1.82) is 0 Å². The number of hydrogen-bond donors (Lipinski definition) is 2. The van der Waals surface area contributed by atoms with Crippen molar-refractivity contribution in [2.75, 3.05) is 20.3 Å². The molecule has 0 saturated carbocycles. The van der Waals surface area contributed by atoms with Crippen LogP contribution in [-0.2, 0) is 14.8 Å². The van der Waals surface area contributed by atoms with Gasteiger partial charge in [0.25, 0.3) is 5.91 Å². The second-order valence-electron chi connectivity index (χ2n) is 4.58. The minimum absolute atomic E-state index is 0.0543. The molecule has 0 unspecified atom stereocenters. The number of nitrogens with one attached hydrogen (secondary N) is 1. The van der Waals surface area contributed by atoms with Crippen molar-refractivity contribution in [3.63, 3.8) is 0 Å². The maximum atomic E-state index is 12.1. The molecule has 0 aromatic heterocycles. The van der Waals surface area contributed by atoms with Crippen LogP contribution in [0.5, 0.6) is 0 Å². The summed E-state index contributed by atoms with van der Waals surface area (Å²) in [5.74, 6) is -0.323. The number of carbonyl (C=O) groups is 1. The van der Waals surface area contributed by atoms with Gasteiger partial charge in [0.15, 0.2) is 0 Å². The SMILES string of the molecule is COCCCCNC(=O)c1cc(Br)cc(S(N)(=O)=O)c1C. The molecule has 1 aromatic rings. The van der Waals surface area contributed by atoms with Gasteiger partial charge in [-0.3, -0.25) is 4.79 Å². The van der Waals surface area contributed by atoms with E-state index in [1.807, 2.05) is 0 Å². The summed E-state index contributed by atoms with van der Waals surface area (Å²) in [7, 11) is -2.25. The highest BCUT2D eigenvalue weighted by Gasteiger charge is 2.19. The summed E-state index contributed by atoms with van der Waals surface area (Å²) in [5.41, 5.74) is 0.634. The summed E-state index contributed by atoms with van der Waals surface area (Å²) in [5, 5.41) is 7.91. The van der Waals surface area contributed by atoms with Gasteiger partial charge in [-0.15, -0.1) is 0 Å². The lowest BCUT2D eigenvalue weighted by atomic mass is 10.1. The molecule has 6 nitrogen and oxygen atoms in total. The van der Waals surface area contributed by atoms with E-state index in [9.17, 15) is 13.2 Å². The number of amides is 1. The summed E-state index contributed by atoms with van der Waals surface area (Å²) in [6.45, 7) is 2.70. The standard InChI is InChI=1S/C13H19BrN2O4S/c1-9-11(13(17)16-5-3-4-6-20-2)7-10(14)8-12(9)21(15,18)19/h7-8H,3-6H2,1-2H3,(H,16,17)(H2,15,18,19). The van der Waals surface area contributed by atoms with E-state index in [0.29, 0.717) is 28.8 Å². The Hall–Kier alpha value is -0.960. The fourth-order valence-electron chi connectivity index (χ4n) is 1.85. The van der Waals surface area contributed by atoms with Crippen LogP contribution in [-0.4, -0.2) is 34.6 Å². The fourth-order valence-corrected chi connectivity index (χ4v) is 3.29. The van der Waals surface area contributed by atoms with Gasteiger partial charge in [-0.2, -0.15) is 0 Å². The molecule has 0 radical (unpaired) electrons. The first-order valence-electron chi connectivity index (χ1n) is 6.37. The van der Waals surface area contributed by atoms with Gasteiger partial charge in [-0.25, -0.2) is 13.6 Å². The van der Waals surface area contributed by atoms with Gasteiger partial charge in [0, 0.05) is 30.3 Å². The molecule has 8 heteroatoms. The molecule has 118 valence electrons. The quantitative estimate of drug-likeness (QED) is 0.703. The molecule has 1 aromatic carbocycles. The lowest BCUT2D eigenvalue weighted by Crippen LogP contribution is -2.26. The van der Waals surface area contributed by atoms with Gasteiger partial charge in [0.2, 0.25) is 10.0 Å². The van der Waals surface area contributed by atoms with E-state index in [0.717, 1.165) is 12.8 Å². The molecule has 0 heterocycles. The predicted molar refractivity (Wildman–Crippen MR) is 83.7 cm³/mol. The largest absolute Gasteiger partial charge is 0.385 e. The van der Waals surface area contributed by atoms with Gasteiger partial charge in [-0.1, -0.05) is 15.9 Å². The fraction of sp³-hybridized carbons (Fsp3) is 0.462. The normalized spacial score (nSPS) is 11.4. The van der Waals surface area contributed by atoms with Crippen LogP contribution in [0.25, 0.3) is 0 Å². The van der Waals surface area contributed by atoms with Gasteiger partial charge < -0.3 is 10.1 Å². The van der Waals surface area contributed by atoms with Crippen molar-refractivity contribution in [2.45, 2.75) is 24.7 Å². The maximum absolute atomic E-state index is 12.1. The summed E-state index contributed by atoms with van der Waals surface area (Å²) in [6.07, 6.45) is 1.63. The first-order valence-corrected chi connectivity index (χ1v) is 8.71. The smallest absolute Gasteiger partial charge is 0.251 e. The summed E-state index contributed by atoms with van der Waals surface area (Å²) < 4.78 is 28.5. The van der Waals surface area contributed by atoms with E-state index in [1.165, 1.54) is 6.07 Å². The average molecular weight is 379 g/mol. The highest BCUT2D eigenvalue weighted by atomic mass is 79.9. The highest BCUT2D eigenvalue weighted by molar-refractivity contribution is 9.10. The summed E-state index contributed by atoms with van der Waals surface area (Å²) >= 11 is 3.19. The number of hydrogen-bond acceptors (Lipinski definition) is 4. The van der Waals surface area contributed by atoms with E-state index in [1.54, 1.807) is 20.1 Å². The Morgan fingerprint density at radius 1 is 1.38 bits per heavy atom. The third-order valence-electron chi connectivity index (χ3n) is 2.94. The Kier molecular flexibility index (Phi) is 6.79. The Labute approximate surface area is 133 Å². The van der Waals surface area contributed by atoms with Crippen LogP contribution in [0.15, 0.2) is 21.5 Å². The van der Waals surface area contributed by atoms with Crippen molar-refractivity contribution in [3.8, 4) is 0 Å². The first kappa shape index (κ1) is 18.1. The number of sulfonamides is 1. The van der Waals surface area contributed by atoms with Gasteiger partial charge in [0.1, 0.15) is 0 Å². The zero-order chi connectivity index (χ0) is 16.0. The Bertz CT molecular complexity index is 617. The molecule has 1 amide bonds. The van der Waals surface area contributed by atoms with Crippen molar-refractivity contribution < 1.29 is 17.9 Å². The second kappa shape index (κ2) is 7.88. The molecule has 0 aliphatic carbocycles. The summed E-state index contributed by atoms with van der Waals surface area (Å²) in [6, 6.07) is 2.97. The van der Waals surface area contributed by atoms with Gasteiger partial charge >= 0.3 is 0 Å².